The number of nitrogens with zero attached hydrogens (tertiary/aromatic N) is 2. The summed E-state index contributed by atoms with van der Waals surface area (Å²) < 4.78 is 7.37. The Hall–Kier alpha value is -2.18. The highest BCUT2D eigenvalue weighted by Gasteiger charge is 2.27. The van der Waals surface area contributed by atoms with E-state index >= 15 is 0 Å². The Balaban J connectivity index is 1.52. The van der Waals surface area contributed by atoms with Crippen LogP contribution in [0, 0.1) is 0 Å². The smallest absolute Gasteiger partial charge is 0.240 e. The van der Waals surface area contributed by atoms with E-state index in [-0.39, 0.29) is 18.1 Å². The van der Waals surface area contributed by atoms with Gasteiger partial charge in [0, 0.05) is 24.8 Å². The summed E-state index contributed by atoms with van der Waals surface area (Å²) in [4.78, 5) is 12.2. The van der Waals surface area contributed by atoms with Crippen LogP contribution >= 0.6 is 0 Å². The van der Waals surface area contributed by atoms with E-state index < -0.39 is 0 Å². The van der Waals surface area contributed by atoms with Crippen molar-refractivity contribution in [3.05, 3.63) is 53.9 Å². The first kappa shape index (κ1) is 15.7. The fourth-order valence-corrected chi connectivity index (χ4v) is 2.68. The van der Waals surface area contributed by atoms with Gasteiger partial charge in [0.2, 0.25) is 5.91 Å². The normalized spacial score (nSPS) is 21.1. The molecule has 122 valence electrons. The topological polar surface area (TPSA) is 68.2 Å². The first-order valence-electron chi connectivity index (χ1n) is 7.90. The first-order chi connectivity index (χ1) is 11.2. The van der Waals surface area contributed by atoms with Crippen molar-refractivity contribution in [3.8, 4) is 0 Å². The summed E-state index contributed by atoms with van der Waals surface area (Å²) in [5, 5.41) is 10.5. The van der Waals surface area contributed by atoms with Crippen molar-refractivity contribution >= 4 is 5.91 Å². The van der Waals surface area contributed by atoms with Gasteiger partial charge >= 0.3 is 0 Å². The summed E-state index contributed by atoms with van der Waals surface area (Å²) in [6, 6.07) is 9.87. The van der Waals surface area contributed by atoms with Gasteiger partial charge < -0.3 is 15.4 Å². The summed E-state index contributed by atoms with van der Waals surface area (Å²) >= 11 is 0. The van der Waals surface area contributed by atoms with Gasteiger partial charge in [-0.3, -0.25) is 9.48 Å². The van der Waals surface area contributed by atoms with Crippen LogP contribution in [0.1, 0.15) is 18.1 Å². The number of benzene rings is 1. The lowest BCUT2D eigenvalue weighted by molar-refractivity contribution is -0.129. The monoisotopic (exact) mass is 314 g/mol. The minimum absolute atomic E-state index is 0.0343. The highest BCUT2D eigenvalue weighted by molar-refractivity contribution is 5.82. The molecule has 1 aliphatic rings. The molecule has 3 rings (SSSR count). The Morgan fingerprint density at radius 1 is 1.39 bits per heavy atom. The SMILES string of the molecule is C[C@H]1OCCN[C@@H]1C(=O)NCc1cnn(Cc2ccccc2)c1. The van der Waals surface area contributed by atoms with Crippen LogP contribution in [0.2, 0.25) is 0 Å². The lowest BCUT2D eigenvalue weighted by Gasteiger charge is -2.29. The van der Waals surface area contributed by atoms with Crippen molar-refractivity contribution in [3.63, 3.8) is 0 Å². The van der Waals surface area contributed by atoms with Crippen molar-refractivity contribution in [2.75, 3.05) is 13.2 Å². The van der Waals surface area contributed by atoms with Crippen LogP contribution in [0.15, 0.2) is 42.7 Å². The molecule has 0 bridgehead atoms. The van der Waals surface area contributed by atoms with Crippen LogP contribution in [0.5, 0.6) is 0 Å². The predicted molar refractivity (Wildman–Crippen MR) is 86.8 cm³/mol. The second-order valence-electron chi connectivity index (χ2n) is 5.76. The molecule has 1 aromatic heterocycles. The number of morpholine rings is 1. The molecule has 0 aliphatic carbocycles. The molecular formula is C17H22N4O2. The van der Waals surface area contributed by atoms with E-state index in [0.717, 1.165) is 12.1 Å². The Morgan fingerprint density at radius 3 is 3.00 bits per heavy atom. The number of aromatic nitrogens is 2. The zero-order chi connectivity index (χ0) is 16.1. The molecule has 1 amide bonds. The molecule has 6 heteroatoms. The maximum atomic E-state index is 12.2. The number of amides is 1. The molecular weight excluding hydrogens is 292 g/mol. The zero-order valence-electron chi connectivity index (χ0n) is 13.2. The summed E-state index contributed by atoms with van der Waals surface area (Å²) in [7, 11) is 0. The molecule has 1 saturated heterocycles. The van der Waals surface area contributed by atoms with Crippen LogP contribution < -0.4 is 10.6 Å². The van der Waals surface area contributed by atoms with Crippen molar-refractivity contribution in [1.29, 1.82) is 0 Å². The molecule has 1 aliphatic heterocycles. The van der Waals surface area contributed by atoms with Crippen LogP contribution in [-0.4, -0.2) is 41.0 Å². The Bertz CT molecular complexity index is 641. The number of ether oxygens (including phenoxy) is 1. The Labute approximate surface area is 135 Å². The van der Waals surface area contributed by atoms with Gasteiger partial charge in [-0.1, -0.05) is 30.3 Å². The van der Waals surface area contributed by atoms with Crippen molar-refractivity contribution in [1.82, 2.24) is 20.4 Å². The maximum absolute atomic E-state index is 12.2. The summed E-state index contributed by atoms with van der Waals surface area (Å²) in [6.07, 6.45) is 3.64. The van der Waals surface area contributed by atoms with Crippen LogP contribution in [-0.2, 0) is 22.6 Å². The van der Waals surface area contributed by atoms with E-state index in [1.54, 1.807) is 6.20 Å². The molecule has 0 spiro atoms. The molecule has 23 heavy (non-hydrogen) atoms. The standard InChI is InChI=1S/C17H22N4O2/c1-13-16(18-7-8-23-13)17(22)19-9-15-10-20-21(12-15)11-14-5-3-2-4-6-14/h2-6,10,12-13,16,18H,7-9,11H2,1H3,(H,19,22)/t13-,16+/m1/s1. The van der Waals surface area contributed by atoms with Gasteiger partial charge in [0.1, 0.15) is 6.04 Å². The van der Waals surface area contributed by atoms with Gasteiger partial charge in [-0.05, 0) is 12.5 Å². The Morgan fingerprint density at radius 2 is 2.22 bits per heavy atom. The molecule has 1 aromatic carbocycles. The number of hydrogen-bond acceptors (Lipinski definition) is 4. The van der Waals surface area contributed by atoms with Crippen molar-refractivity contribution in [2.45, 2.75) is 32.2 Å². The summed E-state index contributed by atoms with van der Waals surface area (Å²) in [6.45, 7) is 4.46. The van der Waals surface area contributed by atoms with Crippen LogP contribution in [0.25, 0.3) is 0 Å². The second kappa shape index (κ2) is 7.39. The molecule has 6 nitrogen and oxygen atoms in total. The average Bonchev–Trinajstić information content (AvgIpc) is 3.01. The van der Waals surface area contributed by atoms with E-state index in [4.69, 9.17) is 4.74 Å². The highest BCUT2D eigenvalue weighted by atomic mass is 16.5. The Kier molecular flexibility index (Phi) is 5.05. The summed E-state index contributed by atoms with van der Waals surface area (Å²) in [5.41, 5.74) is 2.18. The third-order valence-corrected chi connectivity index (χ3v) is 3.94. The first-order valence-corrected chi connectivity index (χ1v) is 7.90. The van der Waals surface area contributed by atoms with E-state index in [2.05, 4.69) is 27.9 Å². The molecule has 1 fully saturated rings. The van der Waals surface area contributed by atoms with E-state index in [1.807, 2.05) is 36.0 Å². The van der Waals surface area contributed by atoms with Crippen molar-refractivity contribution < 1.29 is 9.53 Å². The van der Waals surface area contributed by atoms with Gasteiger partial charge in [0.15, 0.2) is 0 Å². The number of hydrogen-bond donors (Lipinski definition) is 2. The van der Waals surface area contributed by atoms with Gasteiger partial charge in [-0.25, -0.2) is 0 Å². The molecule has 2 N–H and O–H groups in total. The highest BCUT2D eigenvalue weighted by Crippen LogP contribution is 2.06. The molecule has 2 aromatic rings. The third kappa shape index (κ3) is 4.18. The average molecular weight is 314 g/mol. The quantitative estimate of drug-likeness (QED) is 0.861. The zero-order valence-corrected chi connectivity index (χ0v) is 13.2. The minimum atomic E-state index is -0.289. The van der Waals surface area contributed by atoms with Gasteiger partial charge in [-0.15, -0.1) is 0 Å². The van der Waals surface area contributed by atoms with E-state index in [0.29, 0.717) is 19.7 Å². The molecule has 2 atom stereocenters. The molecule has 0 radical (unpaired) electrons. The minimum Gasteiger partial charge on any atom is -0.375 e. The van der Waals surface area contributed by atoms with Gasteiger partial charge in [0.25, 0.3) is 0 Å². The lowest BCUT2D eigenvalue weighted by atomic mass is 10.1. The number of nitrogens with one attached hydrogen (secondary N) is 2. The maximum Gasteiger partial charge on any atom is 0.240 e. The summed E-state index contributed by atoms with van der Waals surface area (Å²) in [5.74, 6) is -0.0343. The number of carbonyl (C=O) groups is 1. The van der Waals surface area contributed by atoms with Crippen LogP contribution in [0.4, 0.5) is 0 Å². The van der Waals surface area contributed by atoms with E-state index in [1.165, 1.54) is 5.56 Å². The lowest BCUT2D eigenvalue weighted by Crippen LogP contribution is -2.55. The molecule has 0 saturated carbocycles. The largest absolute Gasteiger partial charge is 0.375 e. The van der Waals surface area contributed by atoms with E-state index in [9.17, 15) is 4.79 Å². The number of rotatable bonds is 5. The van der Waals surface area contributed by atoms with Crippen LogP contribution in [0.3, 0.4) is 0 Å². The predicted octanol–water partition coefficient (Wildman–Crippen LogP) is 0.925. The second-order valence-corrected chi connectivity index (χ2v) is 5.76. The van der Waals surface area contributed by atoms with Gasteiger partial charge in [-0.2, -0.15) is 5.10 Å². The van der Waals surface area contributed by atoms with Gasteiger partial charge in [0.05, 0.1) is 25.5 Å². The molecule has 2 heterocycles. The number of carbonyl (C=O) groups excluding carboxylic acids is 1. The fraction of sp³-hybridized carbons (Fsp3) is 0.412. The molecule has 0 unspecified atom stereocenters. The third-order valence-electron chi connectivity index (χ3n) is 3.94. The fourth-order valence-electron chi connectivity index (χ4n) is 2.68. The van der Waals surface area contributed by atoms with Crippen molar-refractivity contribution in [2.24, 2.45) is 0 Å².